The van der Waals surface area contributed by atoms with Crippen LogP contribution in [0.3, 0.4) is 0 Å². The molecule has 3 nitrogen and oxygen atoms in total. The molecule has 0 heterocycles. The summed E-state index contributed by atoms with van der Waals surface area (Å²) in [5.74, 6) is 0.847. The van der Waals surface area contributed by atoms with Crippen LogP contribution < -0.4 is 10.1 Å². The molecule has 0 aliphatic heterocycles. The number of hydrogen-bond acceptors (Lipinski definition) is 2. The van der Waals surface area contributed by atoms with Crippen LogP contribution in [0.1, 0.15) is 30.0 Å². The first kappa shape index (κ1) is 16.6. The Balaban J connectivity index is 2.19. The number of anilines is 1. The minimum atomic E-state index is -0.00846. The van der Waals surface area contributed by atoms with Gasteiger partial charge in [-0.3, -0.25) is 4.79 Å². The van der Waals surface area contributed by atoms with Crippen molar-refractivity contribution in [2.75, 3.05) is 5.32 Å². The molecular weight excluding hydrogens is 342 g/mol. The number of carbonyl (C=O) groups excluding carboxylic acids is 1. The highest BCUT2D eigenvalue weighted by Gasteiger charge is 2.10. The summed E-state index contributed by atoms with van der Waals surface area (Å²) in [7, 11) is 0. The number of hydrogen-bond donors (Lipinski definition) is 1. The molecule has 0 unspecified atom stereocenters. The fraction of sp³-hybridized carbons (Fsp3) is 0.278. The number of aryl methyl sites for hydroxylation is 2. The summed E-state index contributed by atoms with van der Waals surface area (Å²) in [5.41, 5.74) is 4.03. The maximum Gasteiger partial charge on any atom is 0.224 e. The molecule has 2 aromatic carbocycles. The third kappa shape index (κ3) is 4.10. The third-order valence-corrected chi connectivity index (χ3v) is 4.16. The number of ether oxygens (including phenoxy) is 1. The van der Waals surface area contributed by atoms with Crippen molar-refractivity contribution in [3.8, 4) is 5.75 Å². The van der Waals surface area contributed by atoms with Crippen LogP contribution in [0.25, 0.3) is 0 Å². The van der Waals surface area contributed by atoms with Gasteiger partial charge in [0.05, 0.1) is 0 Å². The van der Waals surface area contributed by atoms with Gasteiger partial charge in [0, 0.05) is 22.1 Å². The molecule has 0 bridgehead atoms. The van der Waals surface area contributed by atoms with Crippen molar-refractivity contribution in [2.24, 2.45) is 0 Å². The smallest absolute Gasteiger partial charge is 0.224 e. The Kier molecular flexibility index (Phi) is 5.61. The van der Waals surface area contributed by atoms with E-state index in [1.807, 2.05) is 44.2 Å². The van der Waals surface area contributed by atoms with E-state index in [1.54, 1.807) is 0 Å². The molecule has 0 aliphatic carbocycles. The summed E-state index contributed by atoms with van der Waals surface area (Å²) in [4.78, 5) is 11.6. The van der Waals surface area contributed by atoms with E-state index in [4.69, 9.17) is 4.74 Å². The molecule has 0 saturated heterocycles. The van der Waals surface area contributed by atoms with E-state index < -0.39 is 0 Å². The van der Waals surface area contributed by atoms with E-state index in [9.17, 15) is 4.79 Å². The average Bonchev–Trinajstić information content (AvgIpc) is 2.48. The monoisotopic (exact) mass is 361 g/mol. The van der Waals surface area contributed by atoms with Gasteiger partial charge >= 0.3 is 0 Å². The first-order chi connectivity index (χ1) is 10.5. The molecular formula is C18H20BrNO2. The second-order valence-corrected chi connectivity index (χ2v) is 6.08. The lowest BCUT2D eigenvalue weighted by molar-refractivity contribution is -0.115. The van der Waals surface area contributed by atoms with Crippen LogP contribution >= 0.6 is 15.9 Å². The second kappa shape index (κ2) is 7.45. The molecule has 116 valence electrons. The van der Waals surface area contributed by atoms with Crippen LogP contribution in [0.2, 0.25) is 0 Å². The first-order valence-electron chi connectivity index (χ1n) is 7.28. The highest BCUT2D eigenvalue weighted by molar-refractivity contribution is 9.10. The predicted octanol–water partition coefficient (Wildman–Crippen LogP) is 4.99. The van der Waals surface area contributed by atoms with Gasteiger partial charge in [-0.25, -0.2) is 0 Å². The Bertz CT molecular complexity index is 683. The van der Waals surface area contributed by atoms with Crippen LogP contribution in [-0.4, -0.2) is 5.91 Å². The maximum atomic E-state index is 11.6. The van der Waals surface area contributed by atoms with Gasteiger partial charge in [-0.2, -0.15) is 0 Å². The standard InChI is InChI=1S/C18H20BrNO2/c1-4-18(21)20-16-7-5-6-15(19)14(16)11-22-17-9-8-12(2)10-13(17)3/h5-10H,4,11H2,1-3H3,(H,20,21). The number of nitrogens with one attached hydrogen (secondary N) is 1. The van der Waals surface area contributed by atoms with Gasteiger partial charge in [0.15, 0.2) is 0 Å². The summed E-state index contributed by atoms with van der Waals surface area (Å²) >= 11 is 3.53. The molecule has 0 atom stereocenters. The van der Waals surface area contributed by atoms with Crippen molar-refractivity contribution in [3.63, 3.8) is 0 Å². The Morgan fingerprint density at radius 3 is 2.68 bits per heavy atom. The highest BCUT2D eigenvalue weighted by atomic mass is 79.9. The molecule has 0 saturated carbocycles. The largest absolute Gasteiger partial charge is 0.489 e. The minimum absolute atomic E-state index is 0.00846. The molecule has 1 N–H and O–H groups in total. The average molecular weight is 362 g/mol. The van der Waals surface area contributed by atoms with Gasteiger partial charge in [-0.05, 0) is 37.6 Å². The van der Waals surface area contributed by atoms with Crippen molar-refractivity contribution in [3.05, 3.63) is 57.6 Å². The molecule has 0 spiro atoms. The normalized spacial score (nSPS) is 10.4. The first-order valence-corrected chi connectivity index (χ1v) is 8.08. The number of carbonyl (C=O) groups is 1. The Morgan fingerprint density at radius 2 is 2.00 bits per heavy atom. The SMILES string of the molecule is CCC(=O)Nc1cccc(Br)c1COc1ccc(C)cc1C. The molecule has 22 heavy (non-hydrogen) atoms. The topological polar surface area (TPSA) is 38.3 Å². The van der Waals surface area contributed by atoms with E-state index in [1.165, 1.54) is 5.56 Å². The molecule has 0 radical (unpaired) electrons. The van der Waals surface area contributed by atoms with Crippen molar-refractivity contribution in [1.82, 2.24) is 0 Å². The second-order valence-electron chi connectivity index (χ2n) is 5.23. The lowest BCUT2D eigenvalue weighted by Gasteiger charge is -2.15. The zero-order valence-electron chi connectivity index (χ0n) is 13.1. The summed E-state index contributed by atoms with van der Waals surface area (Å²) in [6, 6.07) is 11.8. The van der Waals surface area contributed by atoms with Crippen molar-refractivity contribution in [1.29, 1.82) is 0 Å². The van der Waals surface area contributed by atoms with Crippen LogP contribution in [0.5, 0.6) is 5.75 Å². The van der Waals surface area contributed by atoms with Gasteiger partial charge < -0.3 is 10.1 Å². The zero-order valence-corrected chi connectivity index (χ0v) is 14.7. The molecule has 2 aromatic rings. The van der Waals surface area contributed by atoms with Crippen molar-refractivity contribution in [2.45, 2.75) is 33.8 Å². The van der Waals surface area contributed by atoms with E-state index in [0.717, 1.165) is 27.0 Å². The molecule has 1 amide bonds. The van der Waals surface area contributed by atoms with Crippen molar-refractivity contribution >= 4 is 27.5 Å². The number of rotatable bonds is 5. The Morgan fingerprint density at radius 1 is 1.23 bits per heavy atom. The summed E-state index contributed by atoms with van der Waals surface area (Å²) in [6.07, 6.45) is 0.448. The zero-order chi connectivity index (χ0) is 16.1. The van der Waals surface area contributed by atoms with E-state index in [2.05, 4.69) is 34.2 Å². The number of halogens is 1. The lowest BCUT2D eigenvalue weighted by atomic mass is 10.1. The van der Waals surface area contributed by atoms with Gasteiger partial charge in [-0.1, -0.05) is 46.6 Å². The third-order valence-electron chi connectivity index (χ3n) is 3.42. The van der Waals surface area contributed by atoms with Gasteiger partial charge in [0.1, 0.15) is 12.4 Å². The fourth-order valence-electron chi connectivity index (χ4n) is 2.17. The molecule has 4 heteroatoms. The molecule has 0 fully saturated rings. The van der Waals surface area contributed by atoms with Crippen LogP contribution in [0, 0.1) is 13.8 Å². The predicted molar refractivity (Wildman–Crippen MR) is 93.3 cm³/mol. The van der Waals surface area contributed by atoms with Gasteiger partial charge in [-0.15, -0.1) is 0 Å². The van der Waals surface area contributed by atoms with Gasteiger partial charge in [0.2, 0.25) is 5.91 Å². The van der Waals surface area contributed by atoms with Crippen molar-refractivity contribution < 1.29 is 9.53 Å². The van der Waals surface area contributed by atoms with E-state index >= 15 is 0 Å². The fourth-order valence-corrected chi connectivity index (χ4v) is 2.65. The quantitative estimate of drug-likeness (QED) is 0.814. The van der Waals surface area contributed by atoms with E-state index in [0.29, 0.717) is 13.0 Å². The molecule has 0 aliphatic rings. The van der Waals surface area contributed by atoms with Crippen LogP contribution in [-0.2, 0) is 11.4 Å². The Hall–Kier alpha value is -1.81. The summed E-state index contributed by atoms with van der Waals surface area (Å²) < 4.78 is 6.86. The number of benzene rings is 2. The summed E-state index contributed by atoms with van der Waals surface area (Å²) in [5, 5.41) is 2.91. The lowest BCUT2D eigenvalue weighted by Crippen LogP contribution is -2.12. The highest BCUT2D eigenvalue weighted by Crippen LogP contribution is 2.28. The molecule has 2 rings (SSSR count). The van der Waals surface area contributed by atoms with Crippen LogP contribution in [0.15, 0.2) is 40.9 Å². The summed E-state index contributed by atoms with van der Waals surface area (Å²) in [6.45, 7) is 6.31. The Labute approximate surface area is 139 Å². The minimum Gasteiger partial charge on any atom is -0.489 e. The van der Waals surface area contributed by atoms with Gasteiger partial charge in [0.25, 0.3) is 0 Å². The molecule has 0 aromatic heterocycles. The number of amides is 1. The maximum absolute atomic E-state index is 11.6. The van der Waals surface area contributed by atoms with E-state index in [-0.39, 0.29) is 5.91 Å². The van der Waals surface area contributed by atoms with Crippen LogP contribution in [0.4, 0.5) is 5.69 Å².